The third kappa shape index (κ3) is 2.66. The second-order valence-corrected chi connectivity index (χ2v) is 3.53. The Morgan fingerprint density at radius 3 is 2.73 bits per heavy atom. The molecule has 64 valence electrons. The van der Waals surface area contributed by atoms with Gasteiger partial charge in [-0.25, -0.2) is 0 Å². The highest BCUT2D eigenvalue weighted by Crippen LogP contribution is 2.27. The van der Waals surface area contributed by atoms with Crippen molar-refractivity contribution in [2.45, 2.75) is 38.6 Å². The molecule has 0 amide bonds. The maximum atomic E-state index is 3.70. The molecule has 0 saturated heterocycles. The third-order valence-corrected chi connectivity index (χ3v) is 2.69. The average molecular weight is 153 g/mol. The van der Waals surface area contributed by atoms with Crippen LogP contribution in [-0.4, -0.2) is 12.6 Å². The number of rotatable bonds is 4. The van der Waals surface area contributed by atoms with Crippen LogP contribution < -0.4 is 5.32 Å². The molecule has 1 rings (SSSR count). The van der Waals surface area contributed by atoms with Gasteiger partial charge in [-0.3, -0.25) is 0 Å². The first-order chi connectivity index (χ1) is 5.34. The molecule has 0 spiro atoms. The van der Waals surface area contributed by atoms with Crippen LogP contribution in [0.1, 0.15) is 32.6 Å². The fourth-order valence-corrected chi connectivity index (χ4v) is 1.89. The van der Waals surface area contributed by atoms with Crippen LogP contribution in [-0.2, 0) is 0 Å². The zero-order valence-electron chi connectivity index (χ0n) is 7.47. The summed E-state index contributed by atoms with van der Waals surface area (Å²) in [5.74, 6) is 0.926. The molecular weight excluding hydrogens is 134 g/mol. The predicted octanol–water partition coefficient (Wildman–Crippen LogP) is 2.34. The van der Waals surface area contributed by atoms with Crippen molar-refractivity contribution in [3.63, 3.8) is 0 Å². The van der Waals surface area contributed by atoms with Crippen molar-refractivity contribution >= 4 is 0 Å². The van der Waals surface area contributed by atoms with Crippen LogP contribution in [0.4, 0.5) is 0 Å². The van der Waals surface area contributed by atoms with Crippen molar-refractivity contribution in [3.05, 3.63) is 12.7 Å². The van der Waals surface area contributed by atoms with Gasteiger partial charge in [0, 0.05) is 12.6 Å². The highest BCUT2D eigenvalue weighted by molar-refractivity contribution is 4.80. The first-order valence-electron chi connectivity index (χ1n) is 4.69. The minimum absolute atomic E-state index is 0.690. The molecular formula is C10H19N. The minimum atomic E-state index is 0.690. The van der Waals surface area contributed by atoms with Gasteiger partial charge in [0.1, 0.15) is 0 Å². The molecule has 0 aromatic heterocycles. The van der Waals surface area contributed by atoms with E-state index >= 15 is 0 Å². The molecule has 0 aromatic carbocycles. The normalized spacial score (nSPS) is 21.9. The summed E-state index contributed by atoms with van der Waals surface area (Å²) in [7, 11) is 0. The van der Waals surface area contributed by atoms with Crippen LogP contribution >= 0.6 is 0 Å². The van der Waals surface area contributed by atoms with E-state index in [4.69, 9.17) is 0 Å². The lowest BCUT2D eigenvalue weighted by molar-refractivity contribution is 0.394. The Bertz CT molecular complexity index is 114. The van der Waals surface area contributed by atoms with Crippen molar-refractivity contribution in [2.24, 2.45) is 5.92 Å². The Labute approximate surface area is 69.9 Å². The average Bonchev–Trinajstić information content (AvgIpc) is 2.52. The molecule has 1 aliphatic carbocycles. The van der Waals surface area contributed by atoms with Crippen LogP contribution in [0.2, 0.25) is 0 Å². The van der Waals surface area contributed by atoms with Crippen molar-refractivity contribution in [2.75, 3.05) is 6.54 Å². The monoisotopic (exact) mass is 153 g/mol. The van der Waals surface area contributed by atoms with Gasteiger partial charge in [-0.05, 0) is 25.7 Å². The number of hydrogen-bond donors (Lipinski definition) is 1. The topological polar surface area (TPSA) is 12.0 Å². The number of hydrogen-bond acceptors (Lipinski definition) is 1. The summed E-state index contributed by atoms with van der Waals surface area (Å²) in [4.78, 5) is 0. The van der Waals surface area contributed by atoms with Gasteiger partial charge < -0.3 is 5.32 Å². The summed E-state index contributed by atoms with van der Waals surface area (Å²) in [5.41, 5.74) is 0. The minimum Gasteiger partial charge on any atom is -0.311 e. The molecule has 11 heavy (non-hydrogen) atoms. The Hall–Kier alpha value is -0.300. The second-order valence-electron chi connectivity index (χ2n) is 3.53. The summed E-state index contributed by atoms with van der Waals surface area (Å²) < 4.78 is 0. The van der Waals surface area contributed by atoms with E-state index in [0.717, 1.165) is 12.5 Å². The van der Waals surface area contributed by atoms with E-state index in [1.807, 2.05) is 6.08 Å². The summed E-state index contributed by atoms with van der Waals surface area (Å²) in [6.45, 7) is 6.94. The SMILES string of the molecule is C=CCN[C@@H](C)C1CCCC1. The Balaban J connectivity index is 2.16. The molecule has 0 aliphatic heterocycles. The van der Waals surface area contributed by atoms with Gasteiger partial charge in [-0.15, -0.1) is 6.58 Å². The maximum Gasteiger partial charge on any atom is 0.0134 e. The lowest BCUT2D eigenvalue weighted by Crippen LogP contribution is -2.32. The first kappa shape index (κ1) is 8.79. The van der Waals surface area contributed by atoms with Gasteiger partial charge >= 0.3 is 0 Å². The van der Waals surface area contributed by atoms with Gasteiger partial charge in [0.05, 0.1) is 0 Å². The Kier molecular flexibility index (Phi) is 3.64. The summed E-state index contributed by atoms with van der Waals surface area (Å²) in [5, 5.41) is 3.46. The maximum absolute atomic E-state index is 3.70. The van der Waals surface area contributed by atoms with Crippen molar-refractivity contribution < 1.29 is 0 Å². The molecule has 1 fully saturated rings. The zero-order valence-corrected chi connectivity index (χ0v) is 7.47. The molecule has 0 radical (unpaired) electrons. The molecule has 1 nitrogen and oxygen atoms in total. The fraction of sp³-hybridized carbons (Fsp3) is 0.800. The Morgan fingerprint density at radius 1 is 1.55 bits per heavy atom. The lowest BCUT2D eigenvalue weighted by atomic mass is 10.00. The van der Waals surface area contributed by atoms with Gasteiger partial charge in [-0.2, -0.15) is 0 Å². The summed E-state index contributed by atoms with van der Waals surface area (Å²) in [6.07, 6.45) is 7.65. The van der Waals surface area contributed by atoms with E-state index in [9.17, 15) is 0 Å². The molecule has 1 N–H and O–H groups in total. The van der Waals surface area contributed by atoms with E-state index in [0.29, 0.717) is 6.04 Å². The summed E-state index contributed by atoms with van der Waals surface area (Å²) >= 11 is 0. The molecule has 1 heteroatoms. The highest BCUT2D eigenvalue weighted by Gasteiger charge is 2.20. The van der Waals surface area contributed by atoms with Gasteiger partial charge in [0.25, 0.3) is 0 Å². The van der Waals surface area contributed by atoms with Gasteiger partial charge in [0.15, 0.2) is 0 Å². The molecule has 0 unspecified atom stereocenters. The van der Waals surface area contributed by atoms with Crippen LogP contribution in [0, 0.1) is 5.92 Å². The van der Waals surface area contributed by atoms with Crippen LogP contribution in [0.3, 0.4) is 0 Å². The largest absolute Gasteiger partial charge is 0.311 e. The molecule has 1 saturated carbocycles. The number of nitrogens with one attached hydrogen (secondary N) is 1. The summed E-state index contributed by atoms with van der Waals surface area (Å²) in [6, 6.07) is 0.690. The van der Waals surface area contributed by atoms with Gasteiger partial charge in [-0.1, -0.05) is 18.9 Å². The molecule has 1 aliphatic rings. The van der Waals surface area contributed by atoms with E-state index < -0.39 is 0 Å². The van der Waals surface area contributed by atoms with Crippen molar-refractivity contribution in [3.8, 4) is 0 Å². The fourth-order valence-electron chi connectivity index (χ4n) is 1.89. The smallest absolute Gasteiger partial charge is 0.0134 e. The predicted molar refractivity (Wildman–Crippen MR) is 49.6 cm³/mol. The lowest BCUT2D eigenvalue weighted by Gasteiger charge is -2.19. The standard InChI is InChI=1S/C10H19N/c1-3-8-11-9(2)10-6-4-5-7-10/h3,9-11H,1,4-8H2,2H3/t9-/m0/s1. The van der Waals surface area contributed by atoms with Crippen LogP contribution in [0.25, 0.3) is 0 Å². The van der Waals surface area contributed by atoms with Crippen molar-refractivity contribution in [1.29, 1.82) is 0 Å². The molecule has 0 bridgehead atoms. The van der Waals surface area contributed by atoms with E-state index in [1.54, 1.807) is 0 Å². The Morgan fingerprint density at radius 2 is 2.18 bits per heavy atom. The van der Waals surface area contributed by atoms with E-state index in [2.05, 4.69) is 18.8 Å². The molecule has 0 aromatic rings. The molecule has 0 heterocycles. The van der Waals surface area contributed by atoms with E-state index in [-0.39, 0.29) is 0 Å². The highest BCUT2D eigenvalue weighted by atomic mass is 14.9. The molecule has 1 atom stereocenters. The van der Waals surface area contributed by atoms with Crippen LogP contribution in [0.5, 0.6) is 0 Å². The third-order valence-electron chi connectivity index (χ3n) is 2.69. The van der Waals surface area contributed by atoms with Gasteiger partial charge in [0.2, 0.25) is 0 Å². The van der Waals surface area contributed by atoms with E-state index in [1.165, 1.54) is 25.7 Å². The van der Waals surface area contributed by atoms with Crippen molar-refractivity contribution in [1.82, 2.24) is 5.32 Å². The second kappa shape index (κ2) is 4.55. The quantitative estimate of drug-likeness (QED) is 0.611. The van der Waals surface area contributed by atoms with Crippen LogP contribution in [0.15, 0.2) is 12.7 Å². The zero-order chi connectivity index (χ0) is 8.10. The first-order valence-corrected chi connectivity index (χ1v) is 4.69.